The van der Waals surface area contributed by atoms with E-state index in [2.05, 4.69) is 5.32 Å². The molecule has 2 aliphatic rings. The summed E-state index contributed by atoms with van der Waals surface area (Å²) in [6.07, 6.45) is -4.09. The topological polar surface area (TPSA) is 58.6 Å². The molecule has 0 saturated carbocycles. The predicted octanol–water partition coefficient (Wildman–Crippen LogP) is 4.45. The van der Waals surface area contributed by atoms with Crippen LogP contribution in [0.15, 0.2) is 48.5 Å². The standard InChI is InChI=1S/C26H28F4N2O3/c1-17-3-7-19(8-4-17)25(35-2,26(28,29)30)23(34)32-13-11-24(12-14-32)15-22(33)31-16-21(24)18-5-9-20(27)10-6-18/h3-10,21H,11-16H2,1-2H3,(H,31,33)/t21-,25+/m0/s1. The van der Waals surface area contributed by atoms with E-state index in [0.29, 0.717) is 19.4 Å². The molecule has 35 heavy (non-hydrogen) atoms. The van der Waals surface area contributed by atoms with E-state index >= 15 is 0 Å². The molecule has 0 radical (unpaired) electrons. The van der Waals surface area contributed by atoms with Crippen molar-refractivity contribution in [3.63, 3.8) is 0 Å². The van der Waals surface area contributed by atoms with Gasteiger partial charge in [-0.25, -0.2) is 4.39 Å². The number of nitrogens with zero attached hydrogens (tertiary/aromatic N) is 1. The molecule has 9 heteroatoms. The molecule has 2 saturated heterocycles. The van der Waals surface area contributed by atoms with Crippen LogP contribution in [-0.4, -0.2) is 49.6 Å². The van der Waals surface area contributed by atoms with E-state index in [9.17, 15) is 27.2 Å². The first-order valence-electron chi connectivity index (χ1n) is 11.5. The van der Waals surface area contributed by atoms with E-state index in [0.717, 1.165) is 18.2 Å². The fraction of sp³-hybridized carbons (Fsp3) is 0.462. The van der Waals surface area contributed by atoms with Crippen LogP contribution in [0.4, 0.5) is 17.6 Å². The maximum absolute atomic E-state index is 14.4. The molecule has 5 nitrogen and oxygen atoms in total. The zero-order chi connectivity index (χ0) is 25.4. The van der Waals surface area contributed by atoms with Crippen LogP contribution in [0.5, 0.6) is 0 Å². The third kappa shape index (κ3) is 4.42. The molecule has 0 bridgehead atoms. The van der Waals surface area contributed by atoms with Crippen molar-refractivity contribution in [1.82, 2.24) is 10.2 Å². The van der Waals surface area contributed by atoms with Crippen molar-refractivity contribution in [3.05, 3.63) is 71.0 Å². The molecule has 2 aromatic rings. The van der Waals surface area contributed by atoms with Crippen LogP contribution in [0.2, 0.25) is 0 Å². The number of nitrogens with one attached hydrogen (secondary N) is 1. The second-order valence-corrected chi connectivity index (χ2v) is 9.49. The Kier molecular flexibility index (Phi) is 6.66. The first-order chi connectivity index (χ1) is 16.5. The second-order valence-electron chi connectivity index (χ2n) is 9.49. The molecule has 2 atom stereocenters. The third-order valence-corrected chi connectivity index (χ3v) is 7.54. The van der Waals surface area contributed by atoms with E-state index in [1.165, 1.54) is 41.3 Å². The fourth-order valence-electron chi connectivity index (χ4n) is 5.52. The number of rotatable bonds is 4. The molecule has 0 aromatic heterocycles. The van der Waals surface area contributed by atoms with Gasteiger partial charge in [-0.05, 0) is 42.9 Å². The van der Waals surface area contributed by atoms with Crippen LogP contribution < -0.4 is 5.32 Å². The number of benzene rings is 2. The minimum Gasteiger partial charge on any atom is -0.356 e. The van der Waals surface area contributed by atoms with Gasteiger partial charge in [0.25, 0.3) is 11.5 Å². The van der Waals surface area contributed by atoms with Gasteiger partial charge in [-0.3, -0.25) is 9.59 Å². The molecular formula is C26H28F4N2O3. The summed E-state index contributed by atoms with van der Waals surface area (Å²) < 4.78 is 61.7. The molecule has 1 N–H and O–H groups in total. The van der Waals surface area contributed by atoms with Crippen molar-refractivity contribution < 1.29 is 31.9 Å². The lowest BCUT2D eigenvalue weighted by Gasteiger charge is -2.50. The lowest BCUT2D eigenvalue weighted by molar-refractivity contribution is -0.271. The van der Waals surface area contributed by atoms with Crippen LogP contribution in [0, 0.1) is 18.2 Å². The highest BCUT2D eigenvalue weighted by molar-refractivity contribution is 5.88. The average molecular weight is 493 g/mol. The van der Waals surface area contributed by atoms with Crippen LogP contribution in [0.3, 0.4) is 0 Å². The zero-order valence-corrected chi connectivity index (χ0v) is 19.6. The van der Waals surface area contributed by atoms with Gasteiger partial charge in [0.1, 0.15) is 5.82 Å². The monoisotopic (exact) mass is 492 g/mol. The Balaban J connectivity index is 1.62. The molecule has 2 aromatic carbocycles. The fourth-order valence-corrected chi connectivity index (χ4v) is 5.52. The number of piperidine rings is 2. The maximum Gasteiger partial charge on any atom is 0.430 e. The Morgan fingerprint density at radius 1 is 1.06 bits per heavy atom. The number of hydrogen-bond acceptors (Lipinski definition) is 3. The lowest BCUT2D eigenvalue weighted by atomic mass is 9.62. The van der Waals surface area contributed by atoms with Gasteiger partial charge in [0.2, 0.25) is 5.91 Å². The van der Waals surface area contributed by atoms with Gasteiger partial charge in [0.05, 0.1) is 0 Å². The highest BCUT2D eigenvalue weighted by atomic mass is 19.4. The number of likely N-dealkylation sites (tertiary alicyclic amines) is 1. The van der Waals surface area contributed by atoms with Crippen LogP contribution in [-0.2, 0) is 19.9 Å². The number of hydrogen-bond donors (Lipinski definition) is 1. The molecule has 2 fully saturated rings. The number of halogens is 4. The smallest absolute Gasteiger partial charge is 0.356 e. The average Bonchev–Trinajstić information content (AvgIpc) is 2.81. The lowest BCUT2D eigenvalue weighted by Crippen LogP contribution is -2.60. The largest absolute Gasteiger partial charge is 0.430 e. The Morgan fingerprint density at radius 3 is 2.20 bits per heavy atom. The van der Waals surface area contributed by atoms with Crippen molar-refractivity contribution in [1.29, 1.82) is 0 Å². The van der Waals surface area contributed by atoms with Gasteiger partial charge in [0.15, 0.2) is 0 Å². The summed E-state index contributed by atoms with van der Waals surface area (Å²) >= 11 is 0. The highest BCUT2D eigenvalue weighted by Gasteiger charge is 2.64. The van der Waals surface area contributed by atoms with E-state index in [1.54, 1.807) is 19.1 Å². The summed E-state index contributed by atoms with van der Waals surface area (Å²) in [6.45, 7) is 2.20. The Hall–Kier alpha value is -2.94. The summed E-state index contributed by atoms with van der Waals surface area (Å²) in [6, 6.07) is 11.6. The SMILES string of the molecule is CO[C@@](C(=O)N1CCC2(CC1)CC(=O)NC[C@H]2c1ccc(F)cc1)(c1ccc(C)cc1)C(F)(F)F. The van der Waals surface area contributed by atoms with Crippen LogP contribution >= 0.6 is 0 Å². The first kappa shape index (κ1) is 25.2. The van der Waals surface area contributed by atoms with Gasteiger partial charge >= 0.3 is 6.18 Å². The third-order valence-electron chi connectivity index (χ3n) is 7.54. The normalized spacial score (nSPS) is 21.9. The van der Waals surface area contributed by atoms with Gasteiger partial charge in [-0.2, -0.15) is 13.2 Å². The van der Waals surface area contributed by atoms with Crippen LogP contribution in [0.1, 0.15) is 41.9 Å². The quantitative estimate of drug-likeness (QED) is 0.642. The number of alkyl halides is 3. The van der Waals surface area contributed by atoms with Crippen molar-refractivity contribution >= 4 is 11.8 Å². The maximum atomic E-state index is 14.4. The van der Waals surface area contributed by atoms with Crippen molar-refractivity contribution in [2.75, 3.05) is 26.7 Å². The number of amides is 2. The molecule has 2 amide bonds. The van der Waals surface area contributed by atoms with Crippen molar-refractivity contribution in [3.8, 4) is 0 Å². The molecular weight excluding hydrogens is 464 g/mol. The molecule has 4 rings (SSSR count). The molecule has 0 aliphatic carbocycles. The number of aryl methyl sites for hydroxylation is 1. The van der Waals surface area contributed by atoms with Crippen molar-refractivity contribution in [2.24, 2.45) is 5.41 Å². The second kappa shape index (κ2) is 9.26. The summed E-state index contributed by atoms with van der Waals surface area (Å²) in [5.74, 6) is -1.80. The number of carbonyl (C=O) groups excluding carboxylic acids is 2. The summed E-state index contributed by atoms with van der Waals surface area (Å²) in [5.41, 5.74) is -2.31. The van der Waals surface area contributed by atoms with Gasteiger partial charge in [-0.1, -0.05) is 42.0 Å². The number of ether oxygens (including phenoxy) is 1. The molecule has 1 spiro atoms. The number of methoxy groups -OCH3 is 1. The Bertz CT molecular complexity index is 1080. The minimum absolute atomic E-state index is 0.0524. The molecule has 0 unspecified atom stereocenters. The molecule has 188 valence electrons. The summed E-state index contributed by atoms with van der Waals surface area (Å²) in [7, 11) is 0.896. The minimum atomic E-state index is -4.98. The number of carbonyl (C=O) groups is 2. The zero-order valence-electron chi connectivity index (χ0n) is 19.6. The van der Waals surface area contributed by atoms with E-state index < -0.39 is 23.1 Å². The van der Waals surface area contributed by atoms with Gasteiger partial charge < -0.3 is 15.0 Å². The van der Waals surface area contributed by atoms with Gasteiger partial charge in [-0.15, -0.1) is 0 Å². The molecule has 2 aliphatic heterocycles. The Labute approximate surface area is 201 Å². The van der Waals surface area contributed by atoms with Crippen LogP contribution in [0.25, 0.3) is 0 Å². The molecule has 2 heterocycles. The first-order valence-corrected chi connectivity index (χ1v) is 11.5. The summed E-state index contributed by atoms with van der Waals surface area (Å²) in [5, 5.41) is 2.85. The Morgan fingerprint density at radius 2 is 1.66 bits per heavy atom. The van der Waals surface area contributed by atoms with E-state index in [1.807, 2.05) is 0 Å². The highest BCUT2D eigenvalue weighted by Crippen LogP contribution is 2.50. The van der Waals surface area contributed by atoms with Gasteiger partial charge in [0, 0.05) is 44.6 Å². The predicted molar refractivity (Wildman–Crippen MR) is 121 cm³/mol. The van der Waals surface area contributed by atoms with E-state index in [-0.39, 0.29) is 42.7 Å². The van der Waals surface area contributed by atoms with E-state index in [4.69, 9.17) is 4.74 Å². The summed E-state index contributed by atoms with van der Waals surface area (Å²) in [4.78, 5) is 27.0. The van der Waals surface area contributed by atoms with Crippen molar-refractivity contribution in [2.45, 2.75) is 43.9 Å².